The lowest BCUT2D eigenvalue weighted by molar-refractivity contribution is -0.140. The quantitative estimate of drug-likeness (QED) is 0.783. The SMILES string of the molecule is CC[C@H](C)[C@H](NC(=O)c1cc2ccccc2[nH]1)C(=O)O. The fraction of sp³-hybridized carbons (Fsp3) is 0.333. The maximum absolute atomic E-state index is 12.1. The number of H-pyrrole nitrogens is 1. The number of fused-ring (bicyclic) bond motifs is 1. The first-order chi connectivity index (χ1) is 9.52. The summed E-state index contributed by atoms with van der Waals surface area (Å²) in [6.45, 7) is 3.71. The summed E-state index contributed by atoms with van der Waals surface area (Å²) in [7, 11) is 0. The maximum atomic E-state index is 12.1. The minimum absolute atomic E-state index is 0.124. The lowest BCUT2D eigenvalue weighted by Crippen LogP contribution is -2.45. The second-order valence-corrected chi connectivity index (χ2v) is 4.95. The Morgan fingerprint density at radius 1 is 1.35 bits per heavy atom. The second-order valence-electron chi connectivity index (χ2n) is 4.95. The number of carbonyl (C=O) groups excluding carboxylic acids is 1. The van der Waals surface area contributed by atoms with Crippen molar-refractivity contribution in [2.24, 2.45) is 5.92 Å². The normalized spacial score (nSPS) is 13.9. The first-order valence-corrected chi connectivity index (χ1v) is 6.64. The van der Waals surface area contributed by atoms with E-state index in [2.05, 4.69) is 10.3 Å². The number of benzene rings is 1. The highest BCUT2D eigenvalue weighted by Gasteiger charge is 2.26. The summed E-state index contributed by atoms with van der Waals surface area (Å²) in [4.78, 5) is 26.3. The molecule has 1 amide bonds. The zero-order valence-corrected chi connectivity index (χ0v) is 11.5. The fourth-order valence-corrected chi connectivity index (χ4v) is 2.10. The van der Waals surface area contributed by atoms with E-state index in [0.29, 0.717) is 12.1 Å². The van der Waals surface area contributed by atoms with E-state index >= 15 is 0 Å². The maximum Gasteiger partial charge on any atom is 0.326 e. The van der Waals surface area contributed by atoms with Gasteiger partial charge in [-0.1, -0.05) is 38.5 Å². The Labute approximate surface area is 117 Å². The van der Waals surface area contributed by atoms with E-state index in [0.717, 1.165) is 10.9 Å². The molecule has 1 heterocycles. The lowest BCUT2D eigenvalue weighted by Gasteiger charge is -2.19. The highest BCUT2D eigenvalue weighted by Crippen LogP contribution is 2.15. The molecule has 0 fully saturated rings. The Morgan fingerprint density at radius 3 is 2.65 bits per heavy atom. The number of aromatic amines is 1. The molecule has 1 aromatic heterocycles. The Morgan fingerprint density at radius 2 is 2.05 bits per heavy atom. The molecule has 0 unspecified atom stereocenters. The van der Waals surface area contributed by atoms with E-state index in [9.17, 15) is 14.7 Å². The van der Waals surface area contributed by atoms with E-state index in [-0.39, 0.29) is 5.92 Å². The number of hydrogen-bond donors (Lipinski definition) is 3. The van der Waals surface area contributed by atoms with E-state index in [4.69, 9.17) is 0 Å². The number of carboxylic acid groups (broad SMARTS) is 1. The molecule has 5 heteroatoms. The zero-order valence-electron chi connectivity index (χ0n) is 11.5. The Bertz CT molecular complexity index is 600. The Balaban J connectivity index is 2.20. The largest absolute Gasteiger partial charge is 0.480 e. The van der Waals surface area contributed by atoms with Crippen LogP contribution in [0.15, 0.2) is 30.3 Å². The molecule has 20 heavy (non-hydrogen) atoms. The number of nitrogens with one attached hydrogen (secondary N) is 2. The van der Waals surface area contributed by atoms with Crippen molar-refractivity contribution in [2.45, 2.75) is 26.3 Å². The summed E-state index contributed by atoms with van der Waals surface area (Å²) in [5.41, 5.74) is 1.23. The molecule has 2 rings (SSSR count). The fourth-order valence-electron chi connectivity index (χ4n) is 2.10. The number of para-hydroxylation sites is 1. The van der Waals surface area contributed by atoms with Gasteiger partial charge in [0.25, 0.3) is 5.91 Å². The number of rotatable bonds is 5. The standard InChI is InChI=1S/C15H18N2O3/c1-3-9(2)13(15(19)20)17-14(18)12-8-10-6-4-5-7-11(10)16-12/h4-9,13,16H,3H2,1-2H3,(H,17,18)(H,19,20)/t9-,13-/m0/s1. The van der Waals surface area contributed by atoms with Crippen LogP contribution in [0.5, 0.6) is 0 Å². The third kappa shape index (κ3) is 2.82. The third-order valence-corrected chi connectivity index (χ3v) is 3.54. The lowest BCUT2D eigenvalue weighted by atomic mass is 9.99. The molecule has 1 aromatic carbocycles. The Hall–Kier alpha value is -2.30. The molecule has 0 saturated heterocycles. The van der Waals surface area contributed by atoms with Crippen molar-refractivity contribution in [3.8, 4) is 0 Å². The van der Waals surface area contributed by atoms with Gasteiger partial charge in [0, 0.05) is 10.9 Å². The average molecular weight is 274 g/mol. The molecule has 0 aliphatic carbocycles. The van der Waals surface area contributed by atoms with Crippen LogP contribution in [-0.4, -0.2) is 28.0 Å². The van der Waals surface area contributed by atoms with Gasteiger partial charge in [0.2, 0.25) is 0 Å². The second kappa shape index (κ2) is 5.77. The monoisotopic (exact) mass is 274 g/mol. The number of hydrogen-bond acceptors (Lipinski definition) is 2. The molecule has 0 bridgehead atoms. The number of carbonyl (C=O) groups is 2. The molecular weight excluding hydrogens is 256 g/mol. The number of carboxylic acids is 1. The highest BCUT2D eigenvalue weighted by atomic mass is 16.4. The van der Waals surface area contributed by atoms with Crippen LogP contribution in [0.3, 0.4) is 0 Å². The van der Waals surface area contributed by atoms with Crippen LogP contribution in [0.2, 0.25) is 0 Å². The topological polar surface area (TPSA) is 82.2 Å². The summed E-state index contributed by atoms with van der Waals surface area (Å²) < 4.78 is 0. The molecule has 2 atom stereocenters. The van der Waals surface area contributed by atoms with Crippen LogP contribution in [0.1, 0.15) is 30.8 Å². The molecule has 0 radical (unpaired) electrons. The minimum atomic E-state index is -1.01. The number of aromatic nitrogens is 1. The first kappa shape index (κ1) is 14.1. The molecular formula is C15H18N2O3. The third-order valence-electron chi connectivity index (χ3n) is 3.54. The van der Waals surface area contributed by atoms with Crippen molar-refractivity contribution in [3.63, 3.8) is 0 Å². The summed E-state index contributed by atoms with van der Waals surface area (Å²) in [5, 5.41) is 12.7. The summed E-state index contributed by atoms with van der Waals surface area (Å²) in [6, 6.07) is 8.37. The average Bonchev–Trinajstić information content (AvgIpc) is 2.87. The van der Waals surface area contributed by atoms with Crippen LogP contribution in [-0.2, 0) is 4.79 Å². The highest BCUT2D eigenvalue weighted by molar-refractivity contribution is 5.99. The van der Waals surface area contributed by atoms with Gasteiger partial charge in [0.1, 0.15) is 11.7 Å². The molecule has 106 valence electrons. The molecule has 0 aliphatic rings. The van der Waals surface area contributed by atoms with E-state index in [1.807, 2.05) is 38.1 Å². The summed E-state index contributed by atoms with van der Waals surface area (Å²) in [5.74, 6) is -1.53. The predicted octanol–water partition coefficient (Wildman–Crippen LogP) is 2.40. The van der Waals surface area contributed by atoms with E-state index < -0.39 is 17.9 Å². The van der Waals surface area contributed by atoms with Gasteiger partial charge in [-0.3, -0.25) is 4.79 Å². The van der Waals surface area contributed by atoms with Crippen molar-refractivity contribution in [2.75, 3.05) is 0 Å². The van der Waals surface area contributed by atoms with Gasteiger partial charge in [-0.25, -0.2) is 4.79 Å². The van der Waals surface area contributed by atoms with Gasteiger partial charge in [-0.15, -0.1) is 0 Å². The molecule has 0 aliphatic heterocycles. The molecule has 2 aromatic rings. The van der Waals surface area contributed by atoms with E-state index in [1.54, 1.807) is 6.07 Å². The molecule has 0 saturated carbocycles. The van der Waals surface area contributed by atoms with Crippen LogP contribution < -0.4 is 5.32 Å². The van der Waals surface area contributed by atoms with Gasteiger partial charge in [0.15, 0.2) is 0 Å². The predicted molar refractivity (Wildman–Crippen MR) is 76.6 cm³/mol. The van der Waals surface area contributed by atoms with Gasteiger partial charge in [-0.05, 0) is 18.1 Å². The van der Waals surface area contributed by atoms with Gasteiger partial charge in [0.05, 0.1) is 0 Å². The van der Waals surface area contributed by atoms with Crippen molar-refractivity contribution < 1.29 is 14.7 Å². The number of amides is 1. The molecule has 0 spiro atoms. The minimum Gasteiger partial charge on any atom is -0.480 e. The van der Waals surface area contributed by atoms with Crippen LogP contribution >= 0.6 is 0 Å². The van der Waals surface area contributed by atoms with Gasteiger partial charge >= 0.3 is 5.97 Å². The summed E-state index contributed by atoms with van der Waals surface area (Å²) >= 11 is 0. The van der Waals surface area contributed by atoms with Gasteiger partial charge < -0.3 is 15.4 Å². The smallest absolute Gasteiger partial charge is 0.326 e. The molecule has 5 nitrogen and oxygen atoms in total. The van der Waals surface area contributed by atoms with Crippen molar-refractivity contribution in [1.82, 2.24) is 10.3 Å². The van der Waals surface area contributed by atoms with Crippen LogP contribution in [0, 0.1) is 5.92 Å². The van der Waals surface area contributed by atoms with E-state index in [1.165, 1.54) is 0 Å². The first-order valence-electron chi connectivity index (χ1n) is 6.64. The number of aliphatic carboxylic acids is 1. The summed E-state index contributed by atoms with van der Waals surface area (Å²) in [6.07, 6.45) is 0.684. The zero-order chi connectivity index (χ0) is 14.7. The van der Waals surface area contributed by atoms with Crippen LogP contribution in [0.4, 0.5) is 0 Å². The van der Waals surface area contributed by atoms with Crippen molar-refractivity contribution in [3.05, 3.63) is 36.0 Å². The molecule has 3 N–H and O–H groups in total. The Kier molecular flexibility index (Phi) is 4.08. The van der Waals surface area contributed by atoms with Crippen molar-refractivity contribution >= 4 is 22.8 Å². The van der Waals surface area contributed by atoms with Crippen LogP contribution in [0.25, 0.3) is 10.9 Å². The van der Waals surface area contributed by atoms with Gasteiger partial charge in [-0.2, -0.15) is 0 Å². The van der Waals surface area contributed by atoms with Crippen molar-refractivity contribution in [1.29, 1.82) is 0 Å².